The van der Waals surface area contributed by atoms with Gasteiger partial charge in [0.2, 0.25) is 11.8 Å². The zero-order valence-corrected chi connectivity index (χ0v) is 16.8. The van der Waals surface area contributed by atoms with Gasteiger partial charge in [-0.1, -0.05) is 18.2 Å². The van der Waals surface area contributed by atoms with Crippen LogP contribution in [0, 0.1) is 6.92 Å². The van der Waals surface area contributed by atoms with Crippen molar-refractivity contribution in [3.05, 3.63) is 58.8 Å². The Labute approximate surface area is 163 Å². The molecule has 0 aliphatic heterocycles. The lowest BCUT2D eigenvalue weighted by Gasteiger charge is -2.15. The average molecular weight is 385 g/mol. The molecule has 3 rings (SSSR count). The summed E-state index contributed by atoms with van der Waals surface area (Å²) >= 11 is 1.56. The number of benzene rings is 1. The Bertz CT molecular complexity index is 883. The normalized spacial score (nSPS) is 12.2. The number of aryl methyl sites for hydroxylation is 1. The molecule has 0 saturated heterocycles. The Morgan fingerprint density at radius 2 is 1.96 bits per heavy atom. The third-order valence-electron chi connectivity index (χ3n) is 4.08. The lowest BCUT2D eigenvalue weighted by Crippen LogP contribution is -2.28. The van der Waals surface area contributed by atoms with E-state index in [0.29, 0.717) is 17.3 Å². The summed E-state index contributed by atoms with van der Waals surface area (Å²) in [6.45, 7) is 7.78. The SMILES string of the molecule is Cc1oc(-c2cccs2)nc1CC(=O)NC(C)c1ccc(OC(C)C)cc1. The molecule has 5 nitrogen and oxygen atoms in total. The van der Waals surface area contributed by atoms with Crippen molar-refractivity contribution in [1.82, 2.24) is 10.3 Å². The number of amides is 1. The van der Waals surface area contributed by atoms with Crippen LogP contribution in [0.2, 0.25) is 0 Å². The Balaban J connectivity index is 1.60. The van der Waals surface area contributed by atoms with Crippen LogP contribution in [0.5, 0.6) is 5.75 Å². The summed E-state index contributed by atoms with van der Waals surface area (Å²) in [5.74, 6) is 1.99. The molecule has 2 aromatic heterocycles. The molecule has 1 amide bonds. The van der Waals surface area contributed by atoms with E-state index in [-0.39, 0.29) is 24.5 Å². The molecule has 6 heteroatoms. The first-order chi connectivity index (χ1) is 12.9. The summed E-state index contributed by atoms with van der Waals surface area (Å²) in [4.78, 5) is 17.9. The third kappa shape index (κ3) is 4.98. The van der Waals surface area contributed by atoms with E-state index < -0.39 is 0 Å². The number of carbonyl (C=O) groups is 1. The van der Waals surface area contributed by atoms with Gasteiger partial charge in [-0.05, 0) is 56.8 Å². The molecule has 0 spiro atoms. The molecule has 0 aliphatic carbocycles. The van der Waals surface area contributed by atoms with E-state index in [0.717, 1.165) is 16.2 Å². The number of hydrogen-bond acceptors (Lipinski definition) is 5. The van der Waals surface area contributed by atoms with Crippen LogP contribution in [0.15, 0.2) is 46.2 Å². The van der Waals surface area contributed by atoms with Crippen LogP contribution in [0.4, 0.5) is 0 Å². The highest BCUT2D eigenvalue weighted by Crippen LogP contribution is 2.26. The maximum atomic E-state index is 12.4. The van der Waals surface area contributed by atoms with Gasteiger partial charge in [-0.3, -0.25) is 4.79 Å². The maximum Gasteiger partial charge on any atom is 0.236 e. The molecule has 0 saturated carbocycles. The Morgan fingerprint density at radius 3 is 2.59 bits per heavy atom. The van der Waals surface area contributed by atoms with Gasteiger partial charge in [0.25, 0.3) is 0 Å². The Morgan fingerprint density at radius 1 is 1.22 bits per heavy atom. The predicted octanol–water partition coefficient (Wildman–Crippen LogP) is 4.92. The fraction of sp³-hybridized carbons (Fsp3) is 0.333. The summed E-state index contributed by atoms with van der Waals surface area (Å²) in [5, 5.41) is 4.99. The van der Waals surface area contributed by atoms with Crippen LogP contribution in [-0.4, -0.2) is 17.0 Å². The molecule has 0 bridgehead atoms. The summed E-state index contributed by atoms with van der Waals surface area (Å²) in [6, 6.07) is 11.6. The fourth-order valence-corrected chi connectivity index (χ4v) is 3.38. The Kier molecular flexibility index (Phi) is 5.96. The second-order valence-electron chi connectivity index (χ2n) is 6.70. The van der Waals surface area contributed by atoms with Crippen molar-refractivity contribution in [3.8, 4) is 16.5 Å². The molecule has 0 radical (unpaired) electrons. The minimum Gasteiger partial charge on any atom is -0.491 e. The number of hydrogen-bond donors (Lipinski definition) is 1. The van der Waals surface area contributed by atoms with Crippen molar-refractivity contribution < 1.29 is 13.9 Å². The predicted molar refractivity (Wildman–Crippen MR) is 107 cm³/mol. The first-order valence-corrected chi connectivity index (χ1v) is 9.86. The minimum absolute atomic E-state index is 0.0841. The smallest absolute Gasteiger partial charge is 0.236 e. The van der Waals surface area contributed by atoms with Gasteiger partial charge in [-0.2, -0.15) is 0 Å². The van der Waals surface area contributed by atoms with Crippen LogP contribution in [0.25, 0.3) is 10.8 Å². The second-order valence-corrected chi connectivity index (χ2v) is 7.65. The molecule has 3 aromatic rings. The van der Waals surface area contributed by atoms with E-state index in [1.165, 1.54) is 0 Å². The quantitative estimate of drug-likeness (QED) is 0.628. The second kappa shape index (κ2) is 8.39. The molecule has 2 heterocycles. The molecular formula is C21H24N2O3S. The first-order valence-electron chi connectivity index (χ1n) is 8.98. The topological polar surface area (TPSA) is 64.4 Å². The largest absolute Gasteiger partial charge is 0.491 e. The summed E-state index contributed by atoms with van der Waals surface area (Å²) in [7, 11) is 0. The van der Waals surface area contributed by atoms with Gasteiger partial charge in [0.1, 0.15) is 11.5 Å². The number of thiophene rings is 1. The fourth-order valence-electron chi connectivity index (χ4n) is 2.73. The van der Waals surface area contributed by atoms with Crippen molar-refractivity contribution >= 4 is 17.2 Å². The molecule has 1 atom stereocenters. The zero-order chi connectivity index (χ0) is 19.4. The van der Waals surface area contributed by atoms with Crippen LogP contribution in [0.3, 0.4) is 0 Å². The van der Waals surface area contributed by atoms with Crippen molar-refractivity contribution in [2.75, 3.05) is 0 Å². The number of nitrogens with zero attached hydrogens (tertiary/aromatic N) is 1. The zero-order valence-electron chi connectivity index (χ0n) is 16.0. The number of aromatic nitrogens is 1. The van der Waals surface area contributed by atoms with Gasteiger partial charge >= 0.3 is 0 Å². The van der Waals surface area contributed by atoms with Crippen molar-refractivity contribution in [2.45, 2.75) is 46.3 Å². The van der Waals surface area contributed by atoms with Gasteiger partial charge in [-0.25, -0.2) is 4.98 Å². The van der Waals surface area contributed by atoms with Gasteiger partial charge in [0.05, 0.1) is 29.1 Å². The first kappa shape index (κ1) is 19.2. The highest BCUT2D eigenvalue weighted by molar-refractivity contribution is 7.13. The summed E-state index contributed by atoms with van der Waals surface area (Å²) in [5.41, 5.74) is 1.69. The lowest BCUT2D eigenvalue weighted by atomic mass is 10.1. The van der Waals surface area contributed by atoms with Gasteiger partial charge in [-0.15, -0.1) is 11.3 Å². The Hall–Kier alpha value is -2.60. The van der Waals surface area contributed by atoms with E-state index >= 15 is 0 Å². The van der Waals surface area contributed by atoms with Crippen molar-refractivity contribution in [3.63, 3.8) is 0 Å². The number of oxazole rings is 1. The van der Waals surface area contributed by atoms with E-state index in [4.69, 9.17) is 9.15 Å². The van der Waals surface area contributed by atoms with Gasteiger partial charge in [0, 0.05) is 0 Å². The van der Waals surface area contributed by atoms with E-state index in [2.05, 4.69) is 10.3 Å². The summed E-state index contributed by atoms with van der Waals surface area (Å²) < 4.78 is 11.3. The van der Waals surface area contributed by atoms with E-state index in [1.54, 1.807) is 11.3 Å². The average Bonchev–Trinajstić information content (AvgIpc) is 3.25. The molecule has 1 N–H and O–H groups in total. The van der Waals surface area contributed by atoms with Crippen LogP contribution < -0.4 is 10.1 Å². The molecular weight excluding hydrogens is 360 g/mol. The standard InChI is InChI=1S/C21H24N2O3S/c1-13(2)25-17-9-7-16(8-10-17)14(3)22-20(24)12-18-15(4)26-21(23-18)19-6-5-11-27-19/h5-11,13-14H,12H2,1-4H3,(H,22,24). The molecule has 27 heavy (non-hydrogen) atoms. The molecule has 0 aliphatic rings. The van der Waals surface area contributed by atoms with Crippen molar-refractivity contribution in [2.24, 2.45) is 0 Å². The van der Waals surface area contributed by atoms with Gasteiger partial charge in [0.15, 0.2) is 0 Å². The van der Waals surface area contributed by atoms with E-state index in [1.807, 2.05) is 69.5 Å². The van der Waals surface area contributed by atoms with Crippen LogP contribution in [-0.2, 0) is 11.2 Å². The monoisotopic (exact) mass is 384 g/mol. The van der Waals surface area contributed by atoms with Crippen molar-refractivity contribution in [1.29, 1.82) is 0 Å². The molecule has 142 valence electrons. The highest BCUT2D eigenvalue weighted by atomic mass is 32.1. The van der Waals surface area contributed by atoms with Crippen LogP contribution >= 0.6 is 11.3 Å². The molecule has 1 unspecified atom stereocenters. The molecule has 0 fully saturated rings. The minimum atomic E-state index is -0.102. The highest BCUT2D eigenvalue weighted by Gasteiger charge is 2.17. The summed E-state index contributed by atoms with van der Waals surface area (Å²) in [6.07, 6.45) is 0.331. The van der Waals surface area contributed by atoms with Gasteiger partial charge < -0.3 is 14.5 Å². The van der Waals surface area contributed by atoms with Crippen LogP contribution in [0.1, 0.15) is 43.8 Å². The number of ether oxygens (including phenoxy) is 1. The number of rotatable bonds is 7. The lowest BCUT2D eigenvalue weighted by molar-refractivity contribution is -0.121. The number of carbonyl (C=O) groups excluding carboxylic acids is 1. The maximum absolute atomic E-state index is 12.4. The third-order valence-corrected chi connectivity index (χ3v) is 4.94. The van der Waals surface area contributed by atoms with E-state index in [9.17, 15) is 4.79 Å². The number of nitrogens with one attached hydrogen (secondary N) is 1. The molecule has 1 aromatic carbocycles.